The fraction of sp³-hybridized carbons (Fsp3) is 0.324. The first kappa shape index (κ1) is 32.0. The molecule has 2 aliphatic heterocycles. The number of anilines is 1. The van der Waals surface area contributed by atoms with E-state index in [-0.39, 0.29) is 34.3 Å². The number of hydrogen-bond donors (Lipinski definition) is 1. The van der Waals surface area contributed by atoms with Gasteiger partial charge in [-0.25, -0.2) is 14.3 Å². The van der Waals surface area contributed by atoms with Gasteiger partial charge >= 0.3 is 12.7 Å². The number of rotatable bonds is 8. The zero-order valence-electron chi connectivity index (χ0n) is 26.9. The van der Waals surface area contributed by atoms with E-state index in [0.717, 1.165) is 11.1 Å². The van der Waals surface area contributed by atoms with E-state index in [4.69, 9.17) is 18.9 Å². The van der Waals surface area contributed by atoms with Gasteiger partial charge in [0.1, 0.15) is 34.1 Å². The van der Waals surface area contributed by atoms with Crippen LogP contribution in [-0.2, 0) is 22.4 Å². The lowest BCUT2D eigenvalue weighted by atomic mass is 10.00. The fourth-order valence-corrected chi connectivity index (χ4v) is 5.59. The third kappa shape index (κ3) is 6.88. The number of halogens is 2. The van der Waals surface area contributed by atoms with Crippen LogP contribution in [0.2, 0.25) is 0 Å². The van der Waals surface area contributed by atoms with Gasteiger partial charge in [-0.1, -0.05) is 6.07 Å². The predicted molar refractivity (Wildman–Crippen MR) is 172 cm³/mol. The molecule has 1 saturated heterocycles. The number of carbonyl (C=O) groups is 2. The summed E-state index contributed by atoms with van der Waals surface area (Å²) in [5.41, 5.74) is 2.53. The summed E-state index contributed by atoms with van der Waals surface area (Å²) in [6.45, 7) is 4.03. The minimum absolute atomic E-state index is 0.113. The standard InChI is InChI=1S/C34H33F2N7O6/c1-34(2,3)49-33(45)41-12-9-20-5-6-23(13-21(20)16-41)47-24-7-8-28(48-32(35)36)25(14-24)29-27(17-43(40-29)22-18-46-19-22)39-31(44)26-15-38-42-11-4-10-37-30(26)42/h4-8,10-11,13-15,17,22,32H,9,12,16,18-19H2,1-3H3,(H,39,44). The highest BCUT2D eigenvalue weighted by Gasteiger charge is 2.28. The van der Waals surface area contributed by atoms with Crippen molar-refractivity contribution in [3.8, 4) is 28.5 Å². The van der Waals surface area contributed by atoms with Gasteiger partial charge in [0.05, 0.1) is 36.7 Å². The van der Waals surface area contributed by atoms with E-state index < -0.39 is 24.2 Å². The minimum atomic E-state index is -3.12. The Bertz CT molecular complexity index is 2030. The van der Waals surface area contributed by atoms with Crippen LogP contribution in [-0.4, -0.2) is 73.2 Å². The van der Waals surface area contributed by atoms with Crippen LogP contribution < -0.4 is 14.8 Å². The molecule has 49 heavy (non-hydrogen) atoms. The van der Waals surface area contributed by atoms with Crippen molar-refractivity contribution in [2.45, 2.75) is 52.0 Å². The molecule has 0 radical (unpaired) electrons. The molecule has 0 saturated carbocycles. The van der Waals surface area contributed by atoms with Crippen LogP contribution in [0.25, 0.3) is 16.9 Å². The van der Waals surface area contributed by atoms with Crippen molar-refractivity contribution in [2.24, 2.45) is 0 Å². The molecular formula is C34H33F2N7O6. The Labute approximate surface area is 279 Å². The summed E-state index contributed by atoms with van der Waals surface area (Å²) < 4.78 is 52.4. The number of hydrogen-bond acceptors (Lipinski definition) is 9. The van der Waals surface area contributed by atoms with E-state index in [1.54, 1.807) is 34.2 Å². The molecule has 0 unspecified atom stereocenters. The Morgan fingerprint density at radius 2 is 1.88 bits per heavy atom. The van der Waals surface area contributed by atoms with Gasteiger partial charge in [-0.2, -0.15) is 19.0 Å². The fourth-order valence-electron chi connectivity index (χ4n) is 5.59. The van der Waals surface area contributed by atoms with Gasteiger partial charge in [-0.3, -0.25) is 9.48 Å². The second-order valence-corrected chi connectivity index (χ2v) is 12.7. The number of benzene rings is 2. The Morgan fingerprint density at radius 3 is 2.63 bits per heavy atom. The highest BCUT2D eigenvalue weighted by molar-refractivity contribution is 6.09. The molecule has 0 spiro atoms. The van der Waals surface area contributed by atoms with E-state index in [2.05, 4.69) is 20.5 Å². The Kier molecular flexibility index (Phi) is 8.36. The maximum absolute atomic E-state index is 13.6. The smallest absolute Gasteiger partial charge is 0.410 e. The average molecular weight is 674 g/mol. The number of aromatic nitrogens is 5. The van der Waals surface area contributed by atoms with Crippen LogP contribution in [0.4, 0.5) is 19.3 Å². The topological polar surface area (TPSA) is 134 Å². The van der Waals surface area contributed by atoms with E-state index in [9.17, 15) is 18.4 Å². The molecule has 15 heteroatoms. The van der Waals surface area contributed by atoms with E-state index in [1.807, 2.05) is 39.0 Å². The van der Waals surface area contributed by atoms with Gasteiger partial charge in [0.2, 0.25) is 0 Å². The molecule has 5 aromatic rings. The number of fused-ring (bicyclic) bond motifs is 2. The number of amides is 2. The molecule has 0 aliphatic carbocycles. The van der Waals surface area contributed by atoms with Crippen LogP contribution in [0.5, 0.6) is 17.2 Å². The third-order valence-corrected chi connectivity index (χ3v) is 8.00. The predicted octanol–water partition coefficient (Wildman–Crippen LogP) is 6.10. The molecule has 254 valence electrons. The minimum Gasteiger partial charge on any atom is -0.457 e. The van der Waals surface area contributed by atoms with Crippen LogP contribution >= 0.6 is 0 Å². The molecule has 0 bridgehead atoms. The monoisotopic (exact) mass is 673 g/mol. The molecule has 0 atom stereocenters. The van der Waals surface area contributed by atoms with Crippen molar-refractivity contribution in [3.63, 3.8) is 0 Å². The summed E-state index contributed by atoms with van der Waals surface area (Å²) in [5, 5.41) is 11.7. The number of alkyl halides is 2. The van der Waals surface area contributed by atoms with E-state index in [1.165, 1.54) is 28.9 Å². The highest BCUT2D eigenvalue weighted by Crippen LogP contribution is 2.40. The summed E-state index contributed by atoms with van der Waals surface area (Å²) in [5.74, 6) is 0.105. The second kappa shape index (κ2) is 12.8. The number of carbonyl (C=O) groups excluding carboxylic acids is 2. The first-order valence-electron chi connectivity index (χ1n) is 15.6. The SMILES string of the molecule is CC(C)(C)OC(=O)N1CCc2ccc(Oc3ccc(OC(F)F)c(-c4nn(C5COC5)cc4NC(=O)c4cnn5cccnc45)c3)cc2C1. The van der Waals surface area contributed by atoms with Crippen LogP contribution in [0.1, 0.15) is 48.3 Å². The molecule has 2 amide bonds. The molecule has 2 aromatic carbocycles. The quantitative estimate of drug-likeness (QED) is 0.207. The average Bonchev–Trinajstić information content (AvgIpc) is 3.64. The lowest BCUT2D eigenvalue weighted by molar-refractivity contribution is -0.0495. The molecule has 7 rings (SSSR count). The summed E-state index contributed by atoms with van der Waals surface area (Å²) in [4.78, 5) is 32.1. The summed E-state index contributed by atoms with van der Waals surface area (Å²) >= 11 is 0. The van der Waals surface area contributed by atoms with E-state index >= 15 is 0 Å². The summed E-state index contributed by atoms with van der Waals surface area (Å²) in [6.07, 6.45) is 6.50. The Balaban J connectivity index is 1.20. The molecular weight excluding hydrogens is 640 g/mol. The zero-order chi connectivity index (χ0) is 34.3. The maximum atomic E-state index is 13.6. The van der Waals surface area contributed by atoms with Gasteiger partial charge in [-0.15, -0.1) is 0 Å². The molecule has 5 heterocycles. The van der Waals surface area contributed by atoms with Crippen molar-refractivity contribution >= 4 is 23.3 Å². The van der Waals surface area contributed by atoms with E-state index in [0.29, 0.717) is 49.9 Å². The van der Waals surface area contributed by atoms with Gasteiger partial charge < -0.3 is 29.2 Å². The van der Waals surface area contributed by atoms with Gasteiger partial charge in [0, 0.05) is 31.7 Å². The van der Waals surface area contributed by atoms with Crippen molar-refractivity contribution in [1.82, 2.24) is 29.3 Å². The number of nitrogens with one attached hydrogen (secondary N) is 1. The van der Waals surface area contributed by atoms with Crippen molar-refractivity contribution < 1.29 is 37.3 Å². The first-order valence-corrected chi connectivity index (χ1v) is 15.6. The zero-order valence-corrected chi connectivity index (χ0v) is 26.9. The summed E-state index contributed by atoms with van der Waals surface area (Å²) in [6, 6.07) is 11.6. The highest BCUT2D eigenvalue weighted by atomic mass is 19.3. The first-order chi connectivity index (χ1) is 23.5. The van der Waals surface area contributed by atoms with Crippen LogP contribution in [0.15, 0.2) is 67.3 Å². The molecule has 13 nitrogen and oxygen atoms in total. The molecule has 1 fully saturated rings. The Morgan fingerprint density at radius 1 is 1.08 bits per heavy atom. The lowest BCUT2D eigenvalue weighted by Crippen LogP contribution is -2.39. The van der Waals surface area contributed by atoms with Crippen molar-refractivity contribution in [1.29, 1.82) is 0 Å². The van der Waals surface area contributed by atoms with Crippen LogP contribution in [0, 0.1) is 0 Å². The lowest BCUT2D eigenvalue weighted by Gasteiger charge is -2.31. The normalized spacial score (nSPS) is 14.8. The van der Waals surface area contributed by atoms with Gasteiger partial charge in [0.25, 0.3) is 5.91 Å². The van der Waals surface area contributed by atoms with Gasteiger partial charge in [-0.05, 0) is 74.7 Å². The van der Waals surface area contributed by atoms with Crippen molar-refractivity contribution in [2.75, 3.05) is 25.1 Å². The second-order valence-electron chi connectivity index (χ2n) is 12.7. The summed E-state index contributed by atoms with van der Waals surface area (Å²) in [7, 11) is 0. The Hall–Kier alpha value is -5.57. The van der Waals surface area contributed by atoms with Crippen LogP contribution in [0.3, 0.4) is 0 Å². The largest absolute Gasteiger partial charge is 0.457 e. The van der Waals surface area contributed by atoms with Gasteiger partial charge in [0.15, 0.2) is 5.65 Å². The molecule has 3 aromatic heterocycles. The molecule has 1 N–H and O–H groups in total. The number of ether oxygens (including phenoxy) is 4. The molecule has 2 aliphatic rings. The van der Waals surface area contributed by atoms with Crippen molar-refractivity contribution in [3.05, 3.63) is 83.9 Å². The number of nitrogens with zero attached hydrogens (tertiary/aromatic N) is 6. The third-order valence-electron chi connectivity index (χ3n) is 8.00. The maximum Gasteiger partial charge on any atom is 0.410 e.